The van der Waals surface area contributed by atoms with E-state index in [1.807, 2.05) is 18.2 Å². The summed E-state index contributed by atoms with van der Waals surface area (Å²) in [7, 11) is 0. The SMILES string of the molecule is CC(C)c1cccc(C2(C(=O)O)CCC2)n1. The lowest BCUT2D eigenvalue weighted by molar-refractivity contribution is -0.147. The van der Waals surface area contributed by atoms with Crippen LogP contribution in [0.15, 0.2) is 18.2 Å². The third-order valence-corrected chi connectivity index (χ3v) is 3.47. The first-order valence-electron chi connectivity index (χ1n) is 5.77. The Morgan fingerprint density at radius 3 is 2.56 bits per heavy atom. The number of rotatable bonds is 3. The van der Waals surface area contributed by atoms with Crippen molar-refractivity contribution in [3.05, 3.63) is 29.6 Å². The van der Waals surface area contributed by atoms with Crippen LogP contribution in [0.25, 0.3) is 0 Å². The first-order valence-corrected chi connectivity index (χ1v) is 5.77. The van der Waals surface area contributed by atoms with Gasteiger partial charge in [-0.2, -0.15) is 0 Å². The van der Waals surface area contributed by atoms with Gasteiger partial charge in [-0.25, -0.2) is 0 Å². The predicted octanol–water partition coefficient (Wildman–Crippen LogP) is 2.71. The fraction of sp³-hybridized carbons (Fsp3) is 0.538. The van der Waals surface area contributed by atoms with Crippen LogP contribution >= 0.6 is 0 Å². The minimum atomic E-state index is -0.729. The summed E-state index contributed by atoms with van der Waals surface area (Å²) in [5, 5.41) is 9.33. The lowest BCUT2D eigenvalue weighted by atomic mass is 9.66. The standard InChI is InChI=1S/C13H17NO2/c1-9(2)10-5-3-6-11(14-10)13(12(15)16)7-4-8-13/h3,5-6,9H,4,7-8H2,1-2H3,(H,15,16). The third-order valence-electron chi connectivity index (χ3n) is 3.47. The number of carboxylic acid groups (broad SMARTS) is 1. The quantitative estimate of drug-likeness (QED) is 0.850. The van der Waals surface area contributed by atoms with Crippen molar-refractivity contribution in [1.82, 2.24) is 4.98 Å². The lowest BCUT2D eigenvalue weighted by Gasteiger charge is -2.37. The normalized spacial score (nSPS) is 18.2. The highest BCUT2D eigenvalue weighted by molar-refractivity contribution is 5.81. The van der Waals surface area contributed by atoms with Crippen LogP contribution in [0.4, 0.5) is 0 Å². The summed E-state index contributed by atoms with van der Waals surface area (Å²) in [5.74, 6) is -0.391. The van der Waals surface area contributed by atoms with Gasteiger partial charge in [0.2, 0.25) is 0 Å². The average molecular weight is 219 g/mol. The molecule has 0 unspecified atom stereocenters. The van der Waals surface area contributed by atoms with E-state index in [2.05, 4.69) is 18.8 Å². The maximum Gasteiger partial charge on any atom is 0.315 e. The second-order valence-electron chi connectivity index (χ2n) is 4.84. The molecular weight excluding hydrogens is 202 g/mol. The molecule has 1 aromatic heterocycles. The van der Waals surface area contributed by atoms with Crippen LogP contribution in [0, 0.1) is 0 Å². The molecule has 0 atom stereocenters. The Labute approximate surface area is 95.5 Å². The number of carbonyl (C=O) groups is 1. The zero-order chi connectivity index (χ0) is 11.8. The second kappa shape index (κ2) is 3.89. The van der Waals surface area contributed by atoms with Crippen LogP contribution in [0.3, 0.4) is 0 Å². The average Bonchev–Trinajstić information content (AvgIpc) is 2.15. The molecule has 16 heavy (non-hydrogen) atoms. The van der Waals surface area contributed by atoms with Gasteiger partial charge in [0, 0.05) is 5.69 Å². The molecule has 0 radical (unpaired) electrons. The van der Waals surface area contributed by atoms with Crippen LogP contribution in [0.2, 0.25) is 0 Å². The summed E-state index contributed by atoms with van der Waals surface area (Å²) in [6.45, 7) is 4.14. The number of nitrogens with zero attached hydrogens (tertiary/aromatic N) is 1. The van der Waals surface area contributed by atoms with E-state index >= 15 is 0 Å². The lowest BCUT2D eigenvalue weighted by Crippen LogP contribution is -2.43. The van der Waals surface area contributed by atoms with E-state index in [0.717, 1.165) is 30.7 Å². The van der Waals surface area contributed by atoms with Crippen LogP contribution in [0.5, 0.6) is 0 Å². The minimum absolute atomic E-state index is 0.339. The van der Waals surface area contributed by atoms with Crippen LogP contribution in [0.1, 0.15) is 50.4 Å². The molecule has 2 rings (SSSR count). The highest BCUT2D eigenvalue weighted by Crippen LogP contribution is 2.43. The summed E-state index contributed by atoms with van der Waals surface area (Å²) in [6, 6.07) is 5.72. The molecule has 0 aliphatic heterocycles. The van der Waals surface area contributed by atoms with Gasteiger partial charge in [-0.3, -0.25) is 9.78 Å². The van der Waals surface area contributed by atoms with Crippen LogP contribution in [-0.4, -0.2) is 16.1 Å². The zero-order valence-corrected chi connectivity index (χ0v) is 9.73. The molecule has 1 aromatic rings. The van der Waals surface area contributed by atoms with Gasteiger partial charge in [0.1, 0.15) is 5.41 Å². The Hall–Kier alpha value is -1.38. The van der Waals surface area contributed by atoms with E-state index in [9.17, 15) is 9.90 Å². The van der Waals surface area contributed by atoms with E-state index in [-0.39, 0.29) is 0 Å². The van der Waals surface area contributed by atoms with Gasteiger partial charge in [0.15, 0.2) is 0 Å². The molecule has 3 nitrogen and oxygen atoms in total. The first-order chi connectivity index (χ1) is 7.56. The molecule has 3 heteroatoms. The smallest absolute Gasteiger partial charge is 0.315 e. The second-order valence-corrected chi connectivity index (χ2v) is 4.84. The van der Waals surface area contributed by atoms with Gasteiger partial charge in [0.25, 0.3) is 0 Å². The topological polar surface area (TPSA) is 50.2 Å². The molecule has 1 aliphatic rings. The molecule has 0 aromatic carbocycles. The number of aliphatic carboxylic acids is 1. The number of pyridine rings is 1. The van der Waals surface area contributed by atoms with Crippen LogP contribution < -0.4 is 0 Å². The van der Waals surface area contributed by atoms with Gasteiger partial charge in [-0.05, 0) is 30.9 Å². The van der Waals surface area contributed by atoms with Crippen LogP contribution in [-0.2, 0) is 10.2 Å². The van der Waals surface area contributed by atoms with Crippen molar-refractivity contribution in [2.24, 2.45) is 0 Å². The van der Waals surface area contributed by atoms with Crippen molar-refractivity contribution in [3.63, 3.8) is 0 Å². The van der Waals surface area contributed by atoms with Gasteiger partial charge < -0.3 is 5.11 Å². The Bertz CT molecular complexity index is 408. The van der Waals surface area contributed by atoms with Gasteiger partial charge in [0.05, 0.1) is 5.69 Å². The van der Waals surface area contributed by atoms with Gasteiger partial charge in [-0.1, -0.05) is 26.3 Å². The van der Waals surface area contributed by atoms with Crippen molar-refractivity contribution >= 4 is 5.97 Å². The largest absolute Gasteiger partial charge is 0.481 e. The number of carboxylic acids is 1. The summed E-state index contributed by atoms with van der Waals surface area (Å²) >= 11 is 0. The van der Waals surface area contributed by atoms with E-state index < -0.39 is 11.4 Å². The molecule has 1 aliphatic carbocycles. The van der Waals surface area contributed by atoms with Crippen molar-refractivity contribution in [1.29, 1.82) is 0 Å². The fourth-order valence-electron chi connectivity index (χ4n) is 2.15. The zero-order valence-electron chi connectivity index (χ0n) is 9.73. The summed E-state index contributed by atoms with van der Waals surface area (Å²) in [6.07, 6.45) is 2.42. The monoisotopic (exact) mass is 219 g/mol. The molecular formula is C13H17NO2. The fourth-order valence-corrected chi connectivity index (χ4v) is 2.15. The molecule has 1 fully saturated rings. The molecule has 0 bridgehead atoms. The molecule has 1 heterocycles. The molecule has 1 saturated carbocycles. The third kappa shape index (κ3) is 1.60. The van der Waals surface area contributed by atoms with Crippen molar-refractivity contribution in [2.75, 3.05) is 0 Å². The summed E-state index contributed by atoms with van der Waals surface area (Å²) in [5.41, 5.74) is 1.01. The first kappa shape index (κ1) is 11.1. The van der Waals surface area contributed by atoms with E-state index in [1.165, 1.54) is 0 Å². The summed E-state index contributed by atoms with van der Waals surface area (Å²) in [4.78, 5) is 15.9. The van der Waals surface area contributed by atoms with E-state index in [0.29, 0.717) is 5.92 Å². The van der Waals surface area contributed by atoms with Gasteiger partial charge in [-0.15, -0.1) is 0 Å². The maximum absolute atomic E-state index is 11.3. The molecule has 86 valence electrons. The van der Waals surface area contributed by atoms with E-state index in [1.54, 1.807) is 0 Å². The van der Waals surface area contributed by atoms with E-state index in [4.69, 9.17) is 0 Å². The van der Waals surface area contributed by atoms with Gasteiger partial charge >= 0.3 is 5.97 Å². The Balaban J connectivity index is 2.39. The molecule has 1 N–H and O–H groups in total. The number of aromatic nitrogens is 1. The summed E-state index contributed by atoms with van der Waals surface area (Å²) < 4.78 is 0. The number of hydrogen-bond donors (Lipinski definition) is 1. The van der Waals surface area contributed by atoms with Crippen molar-refractivity contribution < 1.29 is 9.90 Å². The Morgan fingerprint density at radius 1 is 1.44 bits per heavy atom. The minimum Gasteiger partial charge on any atom is -0.481 e. The highest BCUT2D eigenvalue weighted by Gasteiger charge is 2.47. The maximum atomic E-state index is 11.3. The molecule has 0 spiro atoms. The molecule has 0 amide bonds. The van der Waals surface area contributed by atoms with Crippen molar-refractivity contribution in [3.8, 4) is 0 Å². The Kier molecular flexibility index (Phi) is 2.70. The predicted molar refractivity (Wildman–Crippen MR) is 61.5 cm³/mol. The number of hydrogen-bond acceptors (Lipinski definition) is 2. The Morgan fingerprint density at radius 2 is 2.12 bits per heavy atom. The highest BCUT2D eigenvalue weighted by atomic mass is 16.4. The molecule has 0 saturated heterocycles. The van der Waals surface area contributed by atoms with Crippen molar-refractivity contribution in [2.45, 2.75) is 44.4 Å².